The average molecular weight is 301 g/mol. The second-order valence-electron chi connectivity index (χ2n) is 4.88. The molecule has 0 aliphatic carbocycles. The van der Waals surface area contributed by atoms with Crippen LogP contribution in [0.5, 0.6) is 0 Å². The van der Waals surface area contributed by atoms with Gasteiger partial charge in [-0.15, -0.1) is 0 Å². The van der Waals surface area contributed by atoms with Crippen molar-refractivity contribution < 1.29 is 24.2 Å². The van der Waals surface area contributed by atoms with E-state index in [0.29, 0.717) is 12.8 Å². The van der Waals surface area contributed by atoms with E-state index in [-0.39, 0.29) is 0 Å². The smallest absolute Gasteiger partial charge is 0.419 e. The third-order valence-corrected chi connectivity index (χ3v) is 3.39. The molecule has 0 bridgehead atoms. The SMILES string of the molecule is C[C@@H]1C(=O)OC(=O)N1[C@@H](C#CC(=O)O)CCc1ccccc1. The zero-order valence-corrected chi connectivity index (χ0v) is 12.0. The van der Waals surface area contributed by atoms with Gasteiger partial charge >= 0.3 is 18.0 Å². The number of esters is 1. The number of carbonyl (C=O) groups is 3. The Morgan fingerprint density at radius 2 is 2.05 bits per heavy atom. The molecule has 6 heteroatoms. The molecule has 2 rings (SSSR count). The Balaban J connectivity index is 2.16. The fourth-order valence-corrected chi connectivity index (χ4v) is 2.27. The van der Waals surface area contributed by atoms with Gasteiger partial charge in [0.25, 0.3) is 0 Å². The molecule has 1 aromatic carbocycles. The first-order chi connectivity index (χ1) is 10.5. The standard InChI is InChI=1S/C16H15NO5/c1-11-15(20)22-16(21)17(11)13(9-10-14(18)19)8-7-12-5-3-2-4-6-12/h2-6,11,13H,7-8H2,1H3,(H,18,19)/t11-,13-/m1/s1. The molecule has 1 saturated heterocycles. The molecule has 1 aliphatic heterocycles. The van der Waals surface area contributed by atoms with Crippen LogP contribution in [0.25, 0.3) is 0 Å². The van der Waals surface area contributed by atoms with Crippen molar-refractivity contribution in [3.63, 3.8) is 0 Å². The summed E-state index contributed by atoms with van der Waals surface area (Å²) >= 11 is 0. The summed E-state index contributed by atoms with van der Waals surface area (Å²) in [6.07, 6.45) is 0.233. The average Bonchev–Trinajstić information content (AvgIpc) is 2.74. The molecule has 1 amide bonds. The monoisotopic (exact) mass is 301 g/mol. The molecule has 114 valence electrons. The van der Waals surface area contributed by atoms with Crippen LogP contribution in [-0.4, -0.2) is 40.1 Å². The number of hydrogen-bond donors (Lipinski definition) is 1. The topological polar surface area (TPSA) is 83.9 Å². The van der Waals surface area contributed by atoms with Gasteiger partial charge in [0, 0.05) is 5.92 Å². The van der Waals surface area contributed by atoms with Crippen LogP contribution in [0, 0.1) is 11.8 Å². The van der Waals surface area contributed by atoms with Gasteiger partial charge in [0.05, 0.1) is 6.04 Å². The molecule has 0 unspecified atom stereocenters. The lowest BCUT2D eigenvalue weighted by atomic mass is 10.0. The van der Waals surface area contributed by atoms with Gasteiger partial charge < -0.3 is 9.84 Å². The molecule has 0 saturated carbocycles. The number of carboxylic acid groups (broad SMARTS) is 1. The summed E-state index contributed by atoms with van der Waals surface area (Å²) in [5.41, 5.74) is 1.04. The van der Waals surface area contributed by atoms with Gasteiger partial charge in [-0.05, 0) is 25.3 Å². The Bertz CT molecular complexity index is 643. The highest BCUT2D eigenvalue weighted by Crippen LogP contribution is 2.20. The fourth-order valence-electron chi connectivity index (χ4n) is 2.27. The highest BCUT2D eigenvalue weighted by atomic mass is 16.6. The van der Waals surface area contributed by atoms with Crippen molar-refractivity contribution >= 4 is 18.0 Å². The minimum Gasteiger partial charge on any atom is -0.472 e. The maximum Gasteiger partial charge on any atom is 0.419 e. The molecule has 1 aromatic rings. The van der Waals surface area contributed by atoms with E-state index < -0.39 is 30.1 Å². The first kappa shape index (κ1) is 15.6. The molecular weight excluding hydrogens is 286 g/mol. The zero-order valence-electron chi connectivity index (χ0n) is 12.0. The van der Waals surface area contributed by atoms with Gasteiger partial charge in [-0.3, -0.25) is 4.90 Å². The van der Waals surface area contributed by atoms with Crippen LogP contribution in [0.1, 0.15) is 18.9 Å². The number of carboxylic acids is 1. The van der Waals surface area contributed by atoms with E-state index in [1.807, 2.05) is 36.3 Å². The van der Waals surface area contributed by atoms with Crippen molar-refractivity contribution in [1.29, 1.82) is 0 Å². The van der Waals surface area contributed by atoms with Crippen LogP contribution in [0.3, 0.4) is 0 Å². The van der Waals surface area contributed by atoms with Crippen molar-refractivity contribution in [2.45, 2.75) is 31.8 Å². The number of hydrogen-bond acceptors (Lipinski definition) is 4. The molecule has 22 heavy (non-hydrogen) atoms. The number of amides is 1. The maximum atomic E-state index is 11.8. The van der Waals surface area contributed by atoms with Gasteiger partial charge in [-0.25, -0.2) is 14.4 Å². The molecule has 0 spiro atoms. The quantitative estimate of drug-likeness (QED) is 0.517. The van der Waals surface area contributed by atoms with Crippen molar-refractivity contribution in [3.05, 3.63) is 35.9 Å². The molecule has 1 heterocycles. The first-order valence-corrected chi connectivity index (χ1v) is 6.81. The minimum atomic E-state index is -1.28. The Morgan fingerprint density at radius 3 is 2.59 bits per heavy atom. The Hall–Kier alpha value is -2.81. The van der Waals surface area contributed by atoms with Crippen molar-refractivity contribution in [2.24, 2.45) is 0 Å². The second-order valence-corrected chi connectivity index (χ2v) is 4.88. The van der Waals surface area contributed by atoms with Crippen LogP contribution in [0.15, 0.2) is 30.3 Å². The van der Waals surface area contributed by atoms with Crippen LogP contribution in [-0.2, 0) is 20.7 Å². The van der Waals surface area contributed by atoms with Crippen LogP contribution < -0.4 is 0 Å². The third-order valence-electron chi connectivity index (χ3n) is 3.39. The number of aliphatic carboxylic acids is 1. The minimum absolute atomic E-state index is 0.414. The summed E-state index contributed by atoms with van der Waals surface area (Å²) in [6, 6.07) is 8.08. The van der Waals surface area contributed by atoms with Crippen LogP contribution >= 0.6 is 0 Å². The van der Waals surface area contributed by atoms with Gasteiger partial charge in [0.1, 0.15) is 6.04 Å². The Kier molecular flexibility index (Phi) is 4.79. The summed E-state index contributed by atoms with van der Waals surface area (Å²) in [7, 11) is 0. The number of benzene rings is 1. The first-order valence-electron chi connectivity index (χ1n) is 6.81. The zero-order chi connectivity index (χ0) is 16.1. The van der Waals surface area contributed by atoms with Crippen LogP contribution in [0.2, 0.25) is 0 Å². The summed E-state index contributed by atoms with van der Waals surface area (Å²) in [6.45, 7) is 1.53. The van der Waals surface area contributed by atoms with Gasteiger partial charge in [0.15, 0.2) is 0 Å². The number of aryl methyl sites for hydroxylation is 1. The molecule has 1 N–H and O–H groups in total. The lowest BCUT2D eigenvalue weighted by Crippen LogP contribution is -2.41. The predicted octanol–water partition coefficient (Wildman–Crippen LogP) is 1.44. The van der Waals surface area contributed by atoms with E-state index in [1.165, 1.54) is 11.8 Å². The summed E-state index contributed by atoms with van der Waals surface area (Å²) in [4.78, 5) is 35.1. The van der Waals surface area contributed by atoms with Crippen molar-refractivity contribution in [3.8, 4) is 11.8 Å². The molecular formula is C16H15NO5. The highest BCUT2D eigenvalue weighted by Gasteiger charge is 2.41. The number of ether oxygens (including phenoxy) is 1. The van der Waals surface area contributed by atoms with Crippen molar-refractivity contribution in [1.82, 2.24) is 4.90 Å². The number of nitrogens with zero attached hydrogens (tertiary/aromatic N) is 1. The Labute approximate surface area is 127 Å². The predicted molar refractivity (Wildman–Crippen MR) is 76.8 cm³/mol. The van der Waals surface area contributed by atoms with E-state index >= 15 is 0 Å². The maximum absolute atomic E-state index is 11.8. The van der Waals surface area contributed by atoms with Crippen LogP contribution in [0.4, 0.5) is 4.79 Å². The molecule has 2 atom stereocenters. The lowest BCUT2D eigenvalue weighted by molar-refractivity contribution is -0.135. The van der Waals surface area contributed by atoms with E-state index in [1.54, 1.807) is 0 Å². The fraction of sp³-hybridized carbons (Fsp3) is 0.312. The molecule has 0 radical (unpaired) electrons. The number of rotatable bonds is 4. The lowest BCUT2D eigenvalue weighted by Gasteiger charge is -2.23. The van der Waals surface area contributed by atoms with E-state index in [9.17, 15) is 14.4 Å². The number of carbonyl (C=O) groups excluding carboxylic acids is 2. The molecule has 6 nitrogen and oxygen atoms in total. The molecule has 1 aliphatic rings. The normalized spacial score (nSPS) is 18.4. The van der Waals surface area contributed by atoms with E-state index in [4.69, 9.17) is 5.11 Å². The second kappa shape index (κ2) is 6.76. The Morgan fingerprint density at radius 1 is 1.36 bits per heavy atom. The highest BCUT2D eigenvalue weighted by molar-refractivity contribution is 5.95. The summed E-state index contributed by atoms with van der Waals surface area (Å²) in [5.74, 6) is 2.63. The third kappa shape index (κ3) is 3.64. The van der Waals surface area contributed by atoms with Gasteiger partial charge in [0.2, 0.25) is 0 Å². The largest absolute Gasteiger partial charge is 0.472 e. The number of cyclic esters (lactones) is 2. The van der Waals surface area contributed by atoms with Gasteiger partial charge in [-0.2, -0.15) is 0 Å². The van der Waals surface area contributed by atoms with E-state index in [2.05, 4.69) is 10.7 Å². The summed E-state index contributed by atoms with van der Waals surface area (Å²) in [5, 5.41) is 8.70. The van der Waals surface area contributed by atoms with Gasteiger partial charge in [-0.1, -0.05) is 36.3 Å². The molecule has 0 aromatic heterocycles. The molecule has 1 fully saturated rings. The van der Waals surface area contributed by atoms with Crippen molar-refractivity contribution in [2.75, 3.05) is 0 Å². The summed E-state index contributed by atoms with van der Waals surface area (Å²) < 4.78 is 4.56. The van der Waals surface area contributed by atoms with E-state index in [0.717, 1.165) is 5.56 Å².